The van der Waals surface area contributed by atoms with Crippen LogP contribution >= 0.6 is 11.6 Å². The Kier molecular flexibility index (Phi) is 6.35. The van der Waals surface area contributed by atoms with E-state index in [1.807, 2.05) is 37.8 Å². The molecule has 1 atom stereocenters. The van der Waals surface area contributed by atoms with Gasteiger partial charge in [0.25, 0.3) is 0 Å². The molecule has 32 heavy (non-hydrogen) atoms. The van der Waals surface area contributed by atoms with Crippen LogP contribution in [-0.2, 0) is 17.8 Å². The van der Waals surface area contributed by atoms with Gasteiger partial charge in [-0.05, 0) is 81.3 Å². The van der Waals surface area contributed by atoms with Gasteiger partial charge in [0.1, 0.15) is 23.8 Å². The third-order valence-corrected chi connectivity index (χ3v) is 6.43. The van der Waals surface area contributed by atoms with E-state index >= 15 is 0 Å². The monoisotopic (exact) mass is 463 g/mol. The summed E-state index contributed by atoms with van der Waals surface area (Å²) in [5.74, 6) is -0.561. The predicted molar refractivity (Wildman–Crippen MR) is 119 cm³/mol. The van der Waals surface area contributed by atoms with Crippen LogP contribution in [0, 0.1) is 17.6 Å². The van der Waals surface area contributed by atoms with E-state index in [1.54, 1.807) is 6.07 Å². The fourth-order valence-electron chi connectivity index (χ4n) is 4.37. The van der Waals surface area contributed by atoms with Crippen LogP contribution in [0.4, 0.5) is 13.6 Å². The predicted octanol–water partition coefficient (Wildman–Crippen LogP) is 6.83. The Labute approximate surface area is 192 Å². The van der Waals surface area contributed by atoms with Gasteiger partial charge in [0.05, 0.1) is 16.6 Å². The van der Waals surface area contributed by atoms with Crippen LogP contribution in [0.25, 0.3) is 0 Å². The lowest BCUT2D eigenvalue weighted by atomic mass is 9.74. The van der Waals surface area contributed by atoms with E-state index in [1.165, 1.54) is 6.07 Å². The Balaban J connectivity index is 1.55. The lowest BCUT2D eigenvalue weighted by molar-refractivity contribution is 0.000113. The summed E-state index contributed by atoms with van der Waals surface area (Å²) in [6.07, 6.45) is 3.70. The first-order chi connectivity index (χ1) is 15.1. The molecule has 0 bridgehead atoms. The molecule has 1 aliphatic carbocycles. The van der Waals surface area contributed by atoms with E-state index in [-0.39, 0.29) is 29.3 Å². The molecule has 0 N–H and O–H groups in total. The maximum Gasteiger partial charge on any atom is 0.410 e. The Morgan fingerprint density at radius 3 is 2.59 bits per heavy atom. The molecule has 2 aromatic rings. The highest BCUT2D eigenvalue weighted by atomic mass is 35.5. The van der Waals surface area contributed by atoms with Gasteiger partial charge in [-0.1, -0.05) is 24.1 Å². The van der Waals surface area contributed by atoms with Crippen LogP contribution in [0.15, 0.2) is 30.3 Å². The molecule has 1 heterocycles. The van der Waals surface area contributed by atoms with E-state index < -0.39 is 17.2 Å². The molecular formula is C25H28ClF2NO3. The van der Waals surface area contributed by atoms with Crippen molar-refractivity contribution in [3.05, 3.63) is 63.7 Å². The number of nitrogens with zero attached hydrogens (tertiary/aromatic N) is 1. The zero-order valence-corrected chi connectivity index (χ0v) is 19.3. The van der Waals surface area contributed by atoms with E-state index in [0.29, 0.717) is 24.6 Å². The standard InChI is InChI=1S/C25H28ClF2NO3/c1-25(2,3)32-24(30)29-12-11-16-13-17(7-8-18(16)23(29)15-5-4-6-15)31-14-19-21(27)10-9-20(26)22(19)28/h7-10,13,15,23H,4-6,11-12,14H2,1-3H3. The van der Waals surface area contributed by atoms with E-state index in [2.05, 4.69) is 0 Å². The second-order valence-electron chi connectivity index (χ2n) is 9.53. The lowest BCUT2D eigenvalue weighted by Crippen LogP contribution is -2.46. The summed E-state index contributed by atoms with van der Waals surface area (Å²) in [6.45, 7) is 5.92. The molecule has 4 nitrogen and oxygen atoms in total. The quantitative estimate of drug-likeness (QED) is 0.466. The van der Waals surface area contributed by atoms with Crippen LogP contribution in [0.1, 0.15) is 62.8 Å². The third-order valence-electron chi connectivity index (χ3n) is 6.14. The molecule has 1 unspecified atom stereocenters. The van der Waals surface area contributed by atoms with Gasteiger partial charge >= 0.3 is 6.09 Å². The maximum absolute atomic E-state index is 14.2. The fourth-order valence-corrected chi connectivity index (χ4v) is 4.55. The SMILES string of the molecule is CC(C)(C)OC(=O)N1CCc2cc(OCc3c(F)ccc(Cl)c3F)ccc2C1C1CCC1. The normalized spacial score (nSPS) is 18.7. The molecule has 1 saturated carbocycles. The van der Waals surface area contributed by atoms with Crippen molar-refractivity contribution in [3.8, 4) is 5.75 Å². The van der Waals surface area contributed by atoms with Gasteiger partial charge in [-0.25, -0.2) is 13.6 Å². The molecule has 172 valence electrons. The van der Waals surface area contributed by atoms with E-state index in [9.17, 15) is 13.6 Å². The highest BCUT2D eigenvalue weighted by molar-refractivity contribution is 6.30. The zero-order chi connectivity index (χ0) is 23.0. The number of hydrogen-bond donors (Lipinski definition) is 0. The molecule has 2 aliphatic rings. The molecule has 7 heteroatoms. The highest BCUT2D eigenvalue weighted by Gasteiger charge is 2.40. The number of carbonyl (C=O) groups excluding carboxylic acids is 1. The molecule has 2 aromatic carbocycles. The number of hydrogen-bond acceptors (Lipinski definition) is 3. The van der Waals surface area contributed by atoms with E-state index in [0.717, 1.165) is 36.5 Å². The number of amides is 1. The second-order valence-corrected chi connectivity index (χ2v) is 9.94. The Morgan fingerprint density at radius 2 is 1.94 bits per heavy atom. The van der Waals surface area contributed by atoms with Crippen LogP contribution in [0.5, 0.6) is 5.75 Å². The molecule has 4 rings (SSSR count). The summed E-state index contributed by atoms with van der Waals surface area (Å²) in [4.78, 5) is 14.7. The largest absolute Gasteiger partial charge is 0.489 e. The Morgan fingerprint density at radius 1 is 1.19 bits per heavy atom. The average Bonchev–Trinajstić information content (AvgIpc) is 2.68. The van der Waals surface area contributed by atoms with Gasteiger partial charge in [-0.15, -0.1) is 0 Å². The first-order valence-electron chi connectivity index (χ1n) is 11.0. The van der Waals surface area contributed by atoms with Crippen LogP contribution < -0.4 is 4.74 Å². The fraction of sp³-hybridized carbons (Fsp3) is 0.480. The van der Waals surface area contributed by atoms with Crippen molar-refractivity contribution in [2.75, 3.05) is 6.54 Å². The average molecular weight is 464 g/mol. The van der Waals surface area contributed by atoms with E-state index in [4.69, 9.17) is 21.1 Å². The van der Waals surface area contributed by atoms with Crippen LogP contribution in [0.2, 0.25) is 5.02 Å². The maximum atomic E-state index is 14.2. The van der Waals surface area contributed by atoms with Crippen LogP contribution in [-0.4, -0.2) is 23.1 Å². The summed E-state index contributed by atoms with van der Waals surface area (Å²) in [5.41, 5.74) is 1.44. The highest BCUT2D eigenvalue weighted by Crippen LogP contribution is 2.45. The summed E-state index contributed by atoms with van der Waals surface area (Å²) in [5, 5.41) is -0.138. The summed E-state index contributed by atoms with van der Waals surface area (Å²) in [7, 11) is 0. The molecule has 1 aliphatic heterocycles. The minimum atomic E-state index is -0.803. The topological polar surface area (TPSA) is 38.8 Å². The zero-order valence-electron chi connectivity index (χ0n) is 18.6. The number of fused-ring (bicyclic) bond motifs is 1. The number of carbonyl (C=O) groups is 1. The third kappa shape index (κ3) is 4.70. The van der Waals surface area contributed by atoms with Gasteiger partial charge in [0.15, 0.2) is 5.82 Å². The van der Waals surface area contributed by atoms with Crippen molar-refractivity contribution >= 4 is 17.7 Å². The summed E-state index contributed by atoms with van der Waals surface area (Å²) >= 11 is 5.77. The number of halogens is 3. The molecule has 0 aromatic heterocycles. The number of ether oxygens (including phenoxy) is 2. The van der Waals surface area contributed by atoms with Crippen molar-refractivity contribution in [1.29, 1.82) is 0 Å². The van der Waals surface area contributed by atoms with Gasteiger partial charge < -0.3 is 14.4 Å². The molecule has 0 spiro atoms. The van der Waals surface area contributed by atoms with Gasteiger partial charge in [0.2, 0.25) is 0 Å². The lowest BCUT2D eigenvalue weighted by Gasteiger charge is -2.45. The van der Waals surface area contributed by atoms with Crippen molar-refractivity contribution in [2.24, 2.45) is 5.92 Å². The van der Waals surface area contributed by atoms with Crippen molar-refractivity contribution in [3.63, 3.8) is 0 Å². The Bertz CT molecular complexity index is 1020. The van der Waals surface area contributed by atoms with Gasteiger partial charge in [-0.3, -0.25) is 0 Å². The van der Waals surface area contributed by atoms with Gasteiger partial charge in [0, 0.05) is 6.54 Å². The minimum absolute atomic E-state index is 0.0285. The number of benzene rings is 2. The molecule has 1 amide bonds. The second kappa shape index (κ2) is 8.89. The smallest absolute Gasteiger partial charge is 0.410 e. The van der Waals surface area contributed by atoms with Gasteiger partial charge in [-0.2, -0.15) is 0 Å². The number of rotatable bonds is 4. The first kappa shape index (κ1) is 22.8. The van der Waals surface area contributed by atoms with Crippen LogP contribution in [0.3, 0.4) is 0 Å². The molecule has 0 radical (unpaired) electrons. The summed E-state index contributed by atoms with van der Waals surface area (Å²) < 4.78 is 39.5. The van der Waals surface area contributed by atoms with Crippen molar-refractivity contribution < 1.29 is 23.0 Å². The summed E-state index contributed by atoms with van der Waals surface area (Å²) in [6, 6.07) is 7.96. The van der Waals surface area contributed by atoms with Crippen molar-refractivity contribution in [2.45, 2.75) is 64.7 Å². The van der Waals surface area contributed by atoms with Crippen molar-refractivity contribution in [1.82, 2.24) is 4.90 Å². The minimum Gasteiger partial charge on any atom is -0.489 e. The molecular weight excluding hydrogens is 436 g/mol. The first-order valence-corrected chi connectivity index (χ1v) is 11.4. The Hall–Kier alpha value is -2.34. The molecule has 1 fully saturated rings. The molecule has 0 saturated heterocycles.